The van der Waals surface area contributed by atoms with Crippen molar-refractivity contribution in [1.29, 1.82) is 0 Å². The Hall–Kier alpha value is -0.820. The lowest BCUT2D eigenvalue weighted by molar-refractivity contribution is 0.487. The lowest BCUT2D eigenvalue weighted by atomic mass is 9.80. The van der Waals surface area contributed by atoms with E-state index in [0.29, 0.717) is 5.92 Å². The molecule has 0 fully saturated rings. The normalized spacial score (nSPS) is 12.1. The second-order valence-corrected chi connectivity index (χ2v) is 5.20. The van der Waals surface area contributed by atoms with Gasteiger partial charge < -0.3 is 5.73 Å². The van der Waals surface area contributed by atoms with Crippen LogP contribution in [0.25, 0.3) is 0 Å². The highest BCUT2D eigenvalue weighted by Gasteiger charge is 2.19. The molecule has 0 amide bonds. The Bertz CT molecular complexity index is 313. The van der Waals surface area contributed by atoms with Crippen molar-refractivity contribution in [2.75, 3.05) is 6.54 Å². The smallest absolute Gasteiger partial charge is 0.00690 e. The van der Waals surface area contributed by atoms with Gasteiger partial charge in [0.2, 0.25) is 0 Å². The molecule has 1 heteroatoms. The second-order valence-electron chi connectivity index (χ2n) is 5.20. The van der Waals surface area contributed by atoms with Crippen molar-refractivity contribution >= 4 is 0 Å². The minimum absolute atomic E-state index is 0.194. The van der Waals surface area contributed by atoms with E-state index in [0.717, 1.165) is 13.0 Å². The van der Waals surface area contributed by atoms with Crippen LogP contribution in [-0.2, 0) is 5.41 Å². The molecule has 0 saturated carbocycles. The van der Waals surface area contributed by atoms with Crippen molar-refractivity contribution in [3.05, 3.63) is 35.4 Å². The Labute approximate surface area is 93.7 Å². The molecule has 0 spiro atoms. The van der Waals surface area contributed by atoms with E-state index in [1.807, 2.05) is 0 Å². The van der Waals surface area contributed by atoms with Gasteiger partial charge in [-0.3, -0.25) is 0 Å². The predicted molar refractivity (Wildman–Crippen MR) is 67.2 cm³/mol. The highest BCUT2D eigenvalue weighted by atomic mass is 14.5. The van der Waals surface area contributed by atoms with Crippen LogP contribution in [0.4, 0.5) is 0 Å². The van der Waals surface area contributed by atoms with Gasteiger partial charge in [-0.2, -0.15) is 0 Å². The molecule has 1 rings (SSSR count). The SMILES string of the molecule is CC(C)c1cccc(C(C)(C)CCN)c1. The molecule has 0 aliphatic carbocycles. The van der Waals surface area contributed by atoms with Gasteiger partial charge in [0.1, 0.15) is 0 Å². The van der Waals surface area contributed by atoms with E-state index in [-0.39, 0.29) is 5.41 Å². The summed E-state index contributed by atoms with van der Waals surface area (Å²) in [6.07, 6.45) is 1.04. The van der Waals surface area contributed by atoms with Crippen molar-refractivity contribution in [2.45, 2.75) is 45.4 Å². The molecule has 0 saturated heterocycles. The first-order valence-electron chi connectivity index (χ1n) is 5.78. The summed E-state index contributed by atoms with van der Waals surface area (Å²) in [4.78, 5) is 0. The Kier molecular flexibility index (Phi) is 3.92. The highest BCUT2D eigenvalue weighted by molar-refractivity contribution is 5.30. The van der Waals surface area contributed by atoms with Gasteiger partial charge >= 0.3 is 0 Å². The standard InChI is InChI=1S/C14H23N/c1-11(2)12-6-5-7-13(10-12)14(3,4)8-9-15/h5-7,10-11H,8-9,15H2,1-4H3. The summed E-state index contributed by atoms with van der Waals surface area (Å²) in [7, 11) is 0. The highest BCUT2D eigenvalue weighted by Crippen LogP contribution is 2.28. The van der Waals surface area contributed by atoms with Crippen molar-refractivity contribution in [2.24, 2.45) is 5.73 Å². The van der Waals surface area contributed by atoms with Crippen molar-refractivity contribution in [1.82, 2.24) is 0 Å². The van der Waals surface area contributed by atoms with Gasteiger partial charge in [-0.1, -0.05) is 52.0 Å². The third-order valence-corrected chi connectivity index (χ3v) is 3.10. The fourth-order valence-electron chi connectivity index (χ4n) is 1.82. The summed E-state index contributed by atoms with van der Waals surface area (Å²) < 4.78 is 0. The van der Waals surface area contributed by atoms with Gasteiger partial charge in [0.25, 0.3) is 0 Å². The summed E-state index contributed by atoms with van der Waals surface area (Å²) in [5.74, 6) is 0.596. The number of nitrogens with two attached hydrogens (primary N) is 1. The van der Waals surface area contributed by atoms with Crippen LogP contribution >= 0.6 is 0 Å². The Morgan fingerprint density at radius 2 is 1.93 bits per heavy atom. The quantitative estimate of drug-likeness (QED) is 0.800. The summed E-state index contributed by atoms with van der Waals surface area (Å²) in [6, 6.07) is 8.89. The first-order valence-corrected chi connectivity index (χ1v) is 5.78. The van der Waals surface area contributed by atoms with E-state index in [1.54, 1.807) is 0 Å². The minimum atomic E-state index is 0.194. The molecule has 1 aromatic carbocycles. The van der Waals surface area contributed by atoms with Crippen LogP contribution in [0.1, 0.15) is 51.2 Å². The maximum atomic E-state index is 5.65. The zero-order valence-corrected chi connectivity index (χ0v) is 10.4. The molecule has 0 radical (unpaired) electrons. The third-order valence-electron chi connectivity index (χ3n) is 3.10. The first kappa shape index (κ1) is 12.3. The van der Waals surface area contributed by atoms with Gasteiger partial charge in [0, 0.05) is 0 Å². The average Bonchev–Trinajstić information content (AvgIpc) is 2.18. The predicted octanol–water partition coefficient (Wildman–Crippen LogP) is 3.44. The van der Waals surface area contributed by atoms with Crippen molar-refractivity contribution in [3.8, 4) is 0 Å². The fraction of sp³-hybridized carbons (Fsp3) is 0.571. The molecule has 1 aromatic rings. The summed E-state index contributed by atoms with van der Waals surface area (Å²) in [6.45, 7) is 9.74. The number of hydrogen-bond donors (Lipinski definition) is 1. The second kappa shape index (κ2) is 4.80. The molecular formula is C14H23N. The van der Waals surface area contributed by atoms with Crippen LogP contribution in [0.5, 0.6) is 0 Å². The lowest BCUT2D eigenvalue weighted by Gasteiger charge is -2.25. The Morgan fingerprint density at radius 3 is 2.47 bits per heavy atom. The monoisotopic (exact) mass is 205 g/mol. The van der Waals surface area contributed by atoms with Crippen LogP contribution in [0.15, 0.2) is 24.3 Å². The molecular weight excluding hydrogens is 182 g/mol. The molecule has 84 valence electrons. The topological polar surface area (TPSA) is 26.0 Å². The lowest BCUT2D eigenvalue weighted by Crippen LogP contribution is -2.21. The molecule has 0 aliphatic heterocycles. The number of benzene rings is 1. The van der Waals surface area contributed by atoms with Gasteiger partial charge in [-0.25, -0.2) is 0 Å². The van der Waals surface area contributed by atoms with Crippen LogP contribution < -0.4 is 5.73 Å². The number of rotatable bonds is 4. The molecule has 0 aliphatic rings. The van der Waals surface area contributed by atoms with Crippen LogP contribution in [0.3, 0.4) is 0 Å². The molecule has 1 nitrogen and oxygen atoms in total. The zero-order valence-electron chi connectivity index (χ0n) is 10.4. The van der Waals surface area contributed by atoms with E-state index in [2.05, 4.69) is 52.0 Å². The Morgan fingerprint density at radius 1 is 1.27 bits per heavy atom. The maximum Gasteiger partial charge on any atom is -0.00690 e. The zero-order chi connectivity index (χ0) is 11.5. The summed E-state index contributed by atoms with van der Waals surface area (Å²) in [5, 5.41) is 0. The first-order chi connectivity index (χ1) is 6.97. The van der Waals surface area contributed by atoms with Crippen molar-refractivity contribution in [3.63, 3.8) is 0 Å². The summed E-state index contributed by atoms with van der Waals surface area (Å²) >= 11 is 0. The van der Waals surface area contributed by atoms with E-state index < -0.39 is 0 Å². The average molecular weight is 205 g/mol. The molecule has 15 heavy (non-hydrogen) atoms. The molecule has 0 aromatic heterocycles. The van der Waals surface area contributed by atoms with E-state index in [9.17, 15) is 0 Å². The van der Waals surface area contributed by atoms with Crippen molar-refractivity contribution < 1.29 is 0 Å². The fourth-order valence-corrected chi connectivity index (χ4v) is 1.82. The maximum absolute atomic E-state index is 5.65. The van der Waals surface area contributed by atoms with Gasteiger partial charge in [0.05, 0.1) is 0 Å². The van der Waals surface area contributed by atoms with E-state index in [4.69, 9.17) is 5.73 Å². The van der Waals surface area contributed by atoms with E-state index in [1.165, 1.54) is 11.1 Å². The third kappa shape index (κ3) is 3.07. The molecule has 0 heterocycles. The van der Waals surface area contributed by atoms with Gasteiger partial charge in [0.15, 0.2) is 0 Å². The van der Waals surface area contributed by atoms with Crippen LogP contribution in [0.2, 0.25) is 0 Å². The molecule has 0 bridgehead atoms. The van der Waals surface area contributed by atoms with Gasteiger partial charge in [-0.05, 0) is 35.4 Å². The minimum Gasteiger partial charge on any atom is -0.330 e. The molecule has 0 unspecified atom stereocenters. The van der Waals surface area contributed by atoms with Gasteiger partial charge in [-0.15, -0.1) is 0 Å². The molecule has 0 atom stereocenters. The summed E-state index contributed by atoms with van der Waals surface area (Å²) in [5.41, 5.74) is 8.66. The number of hydrogen-bond acceptors (Lipinski definition) is 1. The Balaban J connectivity index is 2.99. The van der Waals surface area contributed by atoms with Crippen LogP contribution in [-0.4, -0.2) is 6.54 Å². The van der Waals surface area contributed by atoms with Crippen LogP contribution in [0, 0.1) is 0 Å². The largest absolute Gasteiger partial charge is 0.330 e. The van der Waals surface area contributed by atoms with E-state index >= 15 is 0 Å². The molecule has 2 N–H and O–H groups in total.